The Balaban J connectivity index is 1.82. The highest BCUT2D eigenvalue weighted by atomic mass is 16.3. The van der Waals surface area contributed by atoms with Crippen LogP contribution < -0.4 is 5.73 Å². The van der Waals surface area contributed by atoms with Gasteiger partial charge in [-0.3, -0.25) is 4.79 Å². The zero-order chi connectivity index (χ0) is 17.0. The quantitative estimate of drug-likeness (QED) is 0.529. The number of hydrogen-bond donors (Lipinski definition) is 1. The van der Waals surface area contributed by atoms with Gasteiger partial charge in [-0.15, -0.1) is 0 Å². The summed E-state index contributed by atoms with van der Waals surface area (Å²) in [7, 11) is 0. The van der Waals surface area contributed by atoms with E-state index >= 15 is 0 Å². The average molecular weight is 326 g/mol. The molecule has 1 aromatic heterocycles. The average Bonchev–Trinajstić information content (AvgIpc) is 3.22. The number of nitrogens with two attached hydrogens (primary N) is 1. The number of para-hydroxylation sites is 2. The van der Waals surface area contributed by atoms with Crippen LogP contribution in [0.2, 0.25) is 0 Å². The number of amides is 1. The second-order valence-electron chi connectivity index (χ2n) is 6.20. The van der Waals surface area contributed by atoms with Gasteiger partial charge < -0.3 is 10.2 Å². The number of nitrogens with zero attached hydrogens (tertiary/aromatic N) is 1. The van der Waals surface area contributed by atoms with Crippen LogP contribution in [-0.2, 0) is 6.42 Å². The number of aromatic nitrogens is 1. The lowest BCUT2D eigenvalue weighted by Gasteiger charge is -2.10. The topological polar surface area (TPSA) is 69.1 Å². The summed E-state index contributed by atoms with van der Waals surface area (Å²) < 4.78 is 5.97. The van der Waals surface area contributed by atoms with E-state index in [2.05, 4.69) is 17.1 Å². The molecule has 3 aromatic carbocycles. The lowest BCUT2D eigenvalue weighted by molar-refractivity contribution is 0.0999. The van der Waals surface area contributed by atoms with Gasteiger partial charge in [0, 0.05) is 11.1 Å². The molecular weight excluding hydrogens is 312 g/mol. The van der Waals surface area contributed by atoms with Crippen molar-refractivity contribution in [2.24, 2.45) is 5.73 Å². The monoisotopic (exact) mass is 326 g/mol. The maximum atomic E-state index is 11.9. The molecular formula is C21H14N2O2. The van der Waals surface area contributed by atoms with E-state index in [1.807, 2.05) is 42.5 Å². The van der Waals surface area contributed by atoms with Crippen LogP contribution in [0.1, 0.15) is 21.5 Å². The van der Waals surface area contributed by atoms with Gasteiger partial charge in [-0.25, -0.2) is 4.98 Å². The Morgan fingerprint density at radius 1 is 0.960 bits per heavy atom. The molecule has 0 saturated heterocycles. The highest BCUT2D eigenvalue weighted by Crippen LogP contribution is 2.44. The van der Waals surface area contributed by atoms with Crippen molar-refractivity contribution in [3.8, 4) is 22.6 Å². The van der Waals surface area contributed by atoms with E-state index in [4.69, 9.17) is 10.2 Å². The van der Waals surface area contributed by atoms with Crippen LogP contribution in [0.3, 0.4) is 0 Å². The summed E-state index contributed by atoms with van der Waals surface area (Å²) in [6, 6.07) is 19.5. The fourth-order valence-corrected chi connectivity index (χ4v) is 3.64. The number of benzene rings is 3. The summed E-state index contributed by atoms with van der Waals surface area (Å²) in [4.78, 5) is 16.5. The molecule has 0 fully saturated rings. The molecule has 2 N–H and O–H groups in total. The van der Waals surface area contributed by atoms with Gasteiger partial charge in [-0.2, -0.15) is 0 Å². The molecule has 120 valence electrons. The summed E-state index contributed by atoms with van der Waals surface area (Å²) >= 11 is 0. The minimum absolute atomic E-state index is 0.409. The minimum Gasteiger partial charge on any atom is -0.436 e. The van der Waals surface area contributed by atoms with Gasteiger partial charge in [0.2, 0.25) is 11.8 Å². The molecule has 4 heteroatoms. The van der Waals surface area contributed by atoms with Gasteiger partial charge in [0.1, 0.15) is 5.52 Å². The first-order valence-corrected chi connectivity index (χ1v) is 8.12. The third-order valence-corrected chi connectivity index (χ3v) is 4.76. The van der Waals surface area contributed by atoms with Crippen molar-refractivity contribution in [2.45, 2.75) is 6.42 Å². The van der Waals surface area contributed by atoms with Crippen LogP contribution >= 0.6 is 0 Å². The van der Waals surface area contributed by atoms with Crippen LogP contribution in [0.4, 0.5) is 0 Å². The normalized spacial score (nSPS) is 12.2. The Hall–Kier alpha value is -3.40. The molecule has 0 bridgehead atoms. The van der Waals surface area contributed by atoms with Gasteiger partial charge in [-0.05, 0) is 52.9 Å². The zero-order valence-corrected chi connectivity index (χ0v) is 13.3. The number of hydrogen-bond acceptors (Lipinski definition) is 3. The fraction of sp³-hybridized carbons (Fsp3) is 0.0476. The predicted octanol–water partition coefficient (Wildman–Crippen LogP) is 4.16. The second-order valence-corrected chi connectivity index (χ2v) is 6.20. The first kappa shape index (κ1) is 14.0. The molecule has 1 amide bonds. The number of fused-ring (bicyclic) bond motifs is 4. The van der Waals surface area contributed by atoms with E-state index in [9.17, 15) is 4.79 Å². The van der Waals surface area contributed by atoms with Crippen molar-refractivity contribution in [1.29, 1.82) is 0 Å². The van der Waals surface area contributed by atoms with Gasteiger partial charge >= 0.3 is 0 Å². The third-order valence-electron chi connectivity index (χ3n) is 4.76. The Morgan fingerprint density at radius 3 is 2.60 bits per heavy atom. The van der Waals surface area contributed by atoms with Crippen LogP contribution in [0, 0.1) is 0 Å². The Morgan fingerprint density at radius 2 is 1.76 bits per heavy atom. The third kappa shape index (κ3) is 2.01. The van der Waals surface area contributed by atoms with Crippen molar-refractivity contribution in [3.05, 3.63) is 77.4 Å². The number of oxazole rings is 1. The van der Waals surface area contributed by atoms with Crippen LogP contribution in [0.15, 0.2) is 65.1 Å². The number of carbonyl (C=O) groups excluding carboxylic acids is 1. The van der Waals surface area contributed by atoms with Crippen molar-refractivity contribution in [3.63, 3.8) is 0 Å². The summed E-state index contributed by atoms with van der Waals surface area (Å²) in [5, 5.41) is 0. The van der Waals surface area contributed by atoms with E-state index in [0.717, 1.165) is 33.4 Å². The van der Waals surface area contributed by atoms with Crippen molar-refractivity contribution < 1.29 is 9.21 Å². The number of rotatable bonds is 2. The van der Waals surface area contributed by atoms with E-state index in [1.165, 1.54) is 5.56 Å². The summed E-state index contributed by atoms with van der Waals surface area (Å²) in [5.74, 6) is 0.151. The maximum Gasteiger partial charge on any atom is 0.249 e. The van der Waals surface area contributed by atoms with Crippen molar-refractivity contribution >= 4 is 17.0 Å². The van der Waals surface area contributed by atoms with Crippen molar-refractivity contribution in [2.75, 3.05) is 0 Å². The van der Waals surface area contributed by atoms with Crippen LogP contribution in [0.5, 0.6) is 0 Å². The molecule has 0 saturated carbocycles. The summed E-state index contributed by atoms with van der Waals surface area (Å²) in [6.45, 7) is 0. The lowest BCUT2D eigenvalue weighted by Crippen LogP contribution is -2.13. The molecule has 0 atom stereocenters. The molecule has 25 heavy (non-hydrogen) atoms. The van der Waals surface area contributed by atoms with Gasteiger partial charge in [0.05, 0.1) is 0 Å². The number of primary amides is 1. The number of carbonyl (C=O) groups is 1. The minimum atomic E-state index is -0.409. The molecule has 5 rings (SSSR count). The van der Waals surface area contributed by atoms with Gasteiger partial charge in [0.25, 0.3) is 0 Å². The molecule has 1 aliphatic carbocycles. The Kier molecular flexibility index (Phi) is 2.82. The standard InChI is InChI=1S/C21H14N2O2/c22-20(24)14-9-10-15(21-23-17-7-3-4-8-18(17)25-21)19-13-6-2-1-5-12(13)11-16(14)19/h1-10H,11H2,(H2,22,24). The second kappa shape index (κ2) is 5.05. The first-order valence-electron chi connectivity index (χ1n) is 8.12. The lowest BCUT2D eigenvalue weighted by atomic mass is 9.95. The van der Waals surface area contributed by atoms with E-state index in [-0.39, 0.29) is 0 Å². The predicted molar refractivity (Wildman–Crippen MR) is 96.2 cm³/mol. The highest BCUT2D eigenvalue weighted by molar-refractivity contribution is 6.01. The van der Waals surface area contributed by atoms with Crippen molar-refractivity contribution in [1.82, 2.24) is 4.98 Å². The first-order chi connectivity index (χ1) is 12.2. The molecule has 0 unspecified atom stereocenters. The molecule has 0 spiro atoms. The summed E-state index contributed by atoms with van der Waals surface area (Å²) in [5.41, 5.74) is 12.9. The molecule has 1 heterocycles. The van der Waals surface area contributed by atoms with Gasteiger partial charge in [-0.1, -0.05) is 36.4 Å². The summed E-state index contributed by atoms with van der Waals surface area (Å²) in [6.07, 6.45) is 0.692. The van der Waals surface area contributed by atoms with E-state index in [0.29, 0.717) is 17.9 Å². The van der Waals surface area contributed by atoms with Crippen LogP contribution in [-0.4, -0.2) is 10.9 Å². The molecule has 4 nitrogen and oxygen atoms in total. The fourth-order valence-electron chi connectivity index (χ4n) is 3.64. The largest absolute Gasteiger partial charge is 0.436 e. The highest BCUT2D eigenvalue weighted by Gasteiger charge is 2.27. The van der Waals surface area contributed by atoms with Gasteiger partial charge in [0.15, 0.2) is 5.58 Å². The Bertz CT molecular complexity index is 1120. The SMILES string of the molecule is NC(=O)c1ccc(-c2nc3ccccc3o2)c2c1Cc1ccccc1-2. The van der Waals surface area contributed by atoms with E-state index < -0.39 is 5.91 Å². The van der Waals surface area contributed by atoms with Crippen LogP contribution in [0.25, 0.3) is 33.7 Å². The molecule has 1 aliphatic rings. The zero-order valence-electron chi connectivity index (χ0n) is 13.3. The van der Waals surface area contributed by atoms with E-state index in [1.54, 1.807) is 6.07 Å². The molecule has 4 aromatic rings. The molecule has 0 aliphatic heterocycles. The molecule has 0 radical (unpaired) electrons. The smallest absolute Gasteiger partial charge is 0.249 e. The maximum absolute atomic E-state index is 11.9. The Labute approximate surface area is 143 Å².